The largest absolute Gasteiger partial charge is 0.864 e. The van der Waals surface area contributed by atoms with E-state index in [2.05, 4.69) is 6.07 Å². The molecule has 4 nitrogen and oxygen atoms in total. The molecule has 17 heteroatoms. The fraction of sp³-hybridized carbons (Fsp3) is 0.172. The molecular weight excluding hydrogens is 649 g/mol. The van der Waals surface area contributed by atoms with E-state index in [0.717, 1.165) is 12.1 Å². The maximum absolute atomic E-state index is 14.8. The summed E-state index contributed by atoms with van der Waals surface area (Å²) in [6.07, 6.45) is 0. The van der Waals surface area contributed by atoms with Crippen molar-refractivity contribution < 1.29 is 71.1 Å². The zero-order chi connectivity index (χ0) is 34.7. The molecule has 1 unspecified atom stereocenters. The molecular formula is C29H20BF12NO3. The van der Waals surface area contributed by atoms with Crippen molar-refractivity contribution in [3.8, 4) is 17.2 Å². The van der Waals surface area contributed by atoms with Gasteiger partial charge in [-0.05, 0) is 6.92 Å². The average molecular weight is 669 g/mol. The van der Waals surface area contributed by atoms with Crippen LogP contribution < -0.4 is 14.0 Å². The molecule has 4 aromatic rings. The zero-order valence-corrected chi connectivity index (χ0v) is 23.9. The van der Waals surface area contributed by atoms with Crippen molar-refractivity contribution in [2.24, 2.45) is 0 Å². The molecule has 0 amide bonds. The van der Waals surface area contributed by atoms with Crippen molar-refractivity contribution in [1.82, 2.24) is 0 Å². The monoisotopic (exact) mass is 669 g/mol. The van der Waals surface area contributed by atoms with Crippen LogP contribution in [0.2, 0.25) is 0 Å². The van der Waals surface area contributed by atoms with Gasteiger partial charge in [0.15, 0.2) is 52.4 Å². The van der Waals surface area contributed by atoms with Gasteiger partial charge in [-0.15, -0.1) is 12.1 Å². The summed E-state index contributed by atoms with van der Waals surface area (Å²) in [5.74, 6) is -21.8. The highest BCUT2D eigenvalue weighted by atomic mass is 19.2. The van der Waals surface area contributed by atoms with Crippen LogP contribution in [0, 0.1) is 75.9 Å². The fourth-order valence-electron chi connectivity index (χ4n) is 3.49. The van der Waals surface area contributed by atoms with Crippen molar-refractivity contribution in [3.63, 3.8) is 0 Å². The lowest BCUT2D eigenvalue weighted by atomic mass is 10.0. The summed E-state index contributed by atoms with van der Waals surface area (Å²) in [6.45, 7) is 1.44. The lowest BCUT2D eigenvalue weighted by Crippen LogP contribution is -2.40. The van der Waals surface area contributed by atoms with Gasteiger partial charge in [-0.1, -0.05) is 0 Å². The lowest BCUT2D eigenvalue weighted by Gasteiger charge is -2.33. The van der Waals surface area contributed by atoms with Crippen molar-refractivity contribution in [3.05, 3.63) is 124 Å². The highest BCUT2D eigenvalue weighted by molar-refractivity contribution is 6.39. The number of quaternary nitrogens is 1. The van der Waals surface area contributed by atoms with Gasteiger partial charge in [0.2, 0.25) is 0 Å². The Morgan fingerprint density at radius 3 is 1.26 bits per heavy atom. The Bertz CT molecular complexity index is 1610. The molecule has 1 atom stereocenters. The summed E-state index contributed by atoms with van der Waals surface area (Å²) in [4.78, 5) is 0. The Kier molecular flexibility index (Phi) is 11.1. The predicted molar refractivity (Wildman–Crippen MR) is 138 cm³/mol. The Morgan fingerprint density at radius 2 is 0.891 bits per heavy atom. The van der Waals surface area contributed by atoms with Crippen LogP contribution in [-0.4, -0.2) is 32.9 Å². The molecule has 46 heavy (non-hydrogen) atoms. The molecule has 0 saturated carbocycles. The topological polar surface area (TPSA) is 27.7 Å². The highest BCUT2D eigenvalue weighted by Gasteiger charge is 2.37. The molecule has 0 aliphatic heterocycles. The number of hydrogen-bond acceptors (Lipinski definition) is 3. The Balaban J connectivity index is 0.000000549. The summed E-state index contributed by atoms with van der Waals surface area (Å²) in [5.41, 5.74) is -0.517. The lowest BCUT2D eigenvalue weighted by molar-refractivity contribution is -0.900. The van der Waals surface area contributed by atoms with Gasteiger partial charge < -0.3 is 18.4 Å². The number of halogens is 12. The van der Waals surface area contributed by atoms with Gasteiger partial charge in [0.05, 0.1) is 32.5 Å². The molecule has 4 aromatic carbocycles. The van der Waals surface area contributed by atoms with Gasteiger partial charge >= 0.3 is 7.32 Å². The van der Waals surface area contributed by atoms with Gasteiger partial charge in [-0.3, -0.25) is 8.78 Å². The molecule has 0 radical (unpaired) electrons. The Morgan fingerprint density at radius 1 is 0.522 bits per heavy atom. The van der Waals surface area contributed by atoms with Crippen LogP contribution in [0.15, 0.2) is 42.5 Å². The second-order valence-electron chi connectivity index (χ2n) is 10.2. The number of benzene rings is 4. The van der Waals surface area contributed by atoms with Crippen LogP contribution in [0.3, 0.4) is 0 Å². The summed E-state index contributed by atoms with van der Waals surface area (Å²) < 4.78 is 176. The van der Waals surface area contributed by atoms with Crippen LogP contribution in [0.5, 0.6) is 17.2 Å². The second-order valence-corrected chi connectivity index (χ2v) is 10.2. The van der Waals surface area contributed by atoms with E-state index >= 15 is 0 Å². The van der Waals surface area contributed by atoms with Crippen molar-refractivity contribution in [1.29, 1.82) is 0 Å². The third kappa shape index (κ3) is 8.38. The van der Waals surface area contributed by atoms with E-state index in [0.29, 0.717) is 30.3 Å². The Labute approximate surface area is 254 Å². The van der Waals surface area contributed by atoms with E-state index in [1.54, 1.807) is 21.1 Å². The van der Waals surface area contributed by atoms with Gasteiger partial charge in [-0.25, -0.2) is 43.9 Å². The molecule has 0 fully saturated rings. The fourth-order valence-corrected chi connectivity index (χ4v) is 3.49. The molecule has 0 bridgehead atoms. The van der Waals surface area contributed by atoms with E-state index in [9.17, 15) is 52.7 Å². The molecule has 246 valence electrons. The SMILES string of the molecule is CC(c1c(OB(Oc2cc(F)c(F)c(F)c2)Oc2cc(F)c(F)c(F)c2)cc(F)c(F)c1F)[N+](C)(C)C.Fc1c[c-]cc(F)c1F. The molecule has 0 N–H and O–H groups in total. The van der Waals surface area contributed by atoms with Crippen molar-refractivity contribution in [2.75, 3.05) is 21.1 Å². The third-order valence-corrected chi connectivity index (χ3v) is 6.18. The quantitative estimate of drug-likeness (QED) is 0.0624. The summed E-state index contributed by atoms with van der Waals surface area (Å²) in [6, 6.07) is 4.48. The average Bonchev–Trinajstić information content (AvgIpc) is 2.96. The maximum atomic E-state index is 14.8. The van der Waals surface area contributed by atoms with Crippen LogP contribution in [0.25, 0.3) is 0 Å². The van der Waals surface area contributed by atoms with E-state index in [4.69, 9.17) is 14.0 Å². The smallest absolute Gasteiger partial charge is 0.489 e. The predicted octanol–water partition coefficient (Wildman–Crippen LogP) is 8.13. The first-order valence-electron chi connectivity index (χ1n) is 12.6. The minimum atomic E-state index is -2.32. The molecule has 4 rings (SSSR count). The zero-order valence-electron chi connectivity index (χ0n) is 23.9. The van der Waals surface area contributed by atoms with Crippen molar-refractivity contribution in [2.45, 2.75) is 13.0 Å². The third-order valence-electron chi connectivity index (χ3n) is 6.18. The minimum Gasteiger partial charge on any atom is -0.489 e. The number of hydrogen-bond donors (Lipinski definition) is 0. The maximum Gasteiger partial charge on any atom is 0.864 e. The summed E-state index contributed by atoms with van der Waals surface area (Å²) >= 11 is 0. The normalized spacial score (nSPS) is 11.8. The first-order valence-corrected chi connectivity index (χ1v) is 12.6. The Hall–Kier alpha value is -4.54. The van der Waals surface area contributed by atoms with Gasteiger partial charge in [0.1, 0.15) is 23.3 Å². The molecule has 0 spiro atoms. The molecule has 0 aliphatic rings. The molecule has 0 heterocycles. The first-order chi connectivity index (χ1) is 21.3. The second kappa shape index (κ2) is 14.3. The van der Waals surface area contributed by atoms with Crippen molar-refractivity contribution >= 4 is 7.32 Å². The molecule has 0 saturated heterocycles. The van der Waals surface area contributed by atoms with E-state index in [-0.39, 0.29) is 4.48 Å². The van der Waals surface area contributed by atoms with Gasteiger partial charge in [-0.2, -0.15) is 6.07 Å². The number of nitrogens with zero attached hydrogens (tertiary/aromatic N) is 1. The van der Waals surface area contributed by atoms with E-state index in [1.165, 1.54) is 6.92 Å². The first kappa shape index (κ1) is 35.9. The van der Waals surface area contributed by atoms with E-state index in [1.807, 2.05) is 0 Å². The highest BCUT2D eigenvalue weighted by Crippen LogP contribution is 2.36. The molecule has 0 aromatic heterocycles. The van der Waals surface area contributed by atoms with Crippen LogP contribution >= 0.6 is 0 Å². The van der Waals surface area contributed by atoms with Crippen LogP contribution in [-0.2, 0) is 0 Å². The summed E-state index contributed by atoms with van der Waals surface area (Å²) in [7, 11) is 2.45. The number of rotatable bonds is 8. The van der Waals surface area contributed by atoms with Crippen LogP contribution in [0.1, 0.15) is 18.5 Å². The standard InChI is InChI=1S/C23H18BF9NO3.C6H2F3/c1-10(34(2,3)4)19-18(9-17(29)22(32)23(19)33)37-24(35-11-5-13(25)20(30)14(26)6-11)36-12-7-15(27)21(31)16(28)8-12;7-4-2-1-3-5(8)6(4)9/h5-10H,1-4H3;2-3H/q+1;-1. The van der Waals surface area contributed by atoms with Gasteiger partial charge in [0.25, 0.3) is 0 Å². The summed E-state index contributed by atoms with van der Waals surface area (Å²) in [5, 5.41) is 0. The van der Waals surface area contributed by atoms with Gasteiger partial charge in [0, 0.05) is 42.0 Å². The molecule has 0 aliphatic carbocycles. The minimum absolute atomic E-state index is 0.0342. The van der Waals surface area contributed by atoms with Crippen LogP contribution in [0.4, 0.5) is 52.7 Å². The van der Waals surface area contributed by atoms with E-state index < -0.39 is 106 Å².